The first-order chi connectivity index (χ1) is 21.0. The predicted molar refractivity (Wildman–Crippen MR) is 176 cm³/mol. The quantitative estimate of drug-likeness (QED) is 0.195. The van der Waals surface area contributed by atoms with Crippen LogP contribution in [0.4, 0.5) is 0 Å². The number of benzene rings is 2. The van der Waals surface area contributed by atoms with Crippen LogP contribution >= 0.6 is 0 Å². The molecule has 0 aliphatic heterocycles. The number of ether oxygens (including phenoxy) is 4. The molecule has 0 saturated heterocycles. The van der Waals surface area contributed by atoms with Crippen LogP contribution in [-0.4, -0.2) is 26.2 Å². The van der Waals surface area contributed by atoms with Crippen molar-refractivity contribution in [2.45, 2.75) is 92.9 Å². The van der Waals surface area contributed by atoms with Gasteiger partial charge in [-0.3, -0.25) is 9.59 Å². The molecule has 0 heterocycles. The Morgan fingerprint density at radius 1 is 0.568 bits per heavy atom. The molecule has 0 spiro atoms. The number of methoxy groups -OCH3 is 2. The van der Waals surface area contributed by atoms with E-state index >= 15 is 0 Å². The summed E-state index contributed by atoms with van der Waals surface area (Å²) in [6, 6.07) is 3.82. The van der Waals surface area contributed by atoms with Gasteiger partial charge in [-0.1, -0.05) is 46.6 Å². The lowest BCUT2D eigenvalue weighted by Crippen LogP contribution is -2.13. The molecule has 6 nitrogen and oxygen atoms in total. The van der Waals surface area contributed by atoms with E-state index in [2.05, 4.69) is 52.0 Å². The summed E-state index contributed by atoms with van der Waals surface area (Å²) in [5.74, 6) is 1.42. The van der Waals surface area contributed by atoms with Crippen LogP contribution in [0.25, 0.3) is 11.1 Å². The Kier molecular flexibility index (Phi) is 10.9. The van der Waals surface area contributed by atoms with Gasteiger partial charge in [0, 0.05) is 47.2 Å². The molecule has 0 saturated carbocycles. The van der Waals surface area contributed by atoms with Crippen molar-refractivity contribution in [2.24, 2.45) is 0 Å². The highest BCUT2D eigenvalue weighted by molar-refractivity contribution is 5.87. The smallest absolute Gasteiger partial charge is 0.308 e. The number of carbonyl (C=O) groups is 2. The normalized spacial score (nSPS) is 15.7. The molecule has 234 valence electrons. The Labute approximate surface area is 262 Å². The maximum absolute atomic E-state index is 12.7. The summed E-state index contributed by atoms with van der Waals surface area (Å²) in [5, 5.41) is 0. The lowest BCUT2D eigenvalue weighted by molar-refractivity contribution is -0.133. The molecular weight excluding hydrogens is 552 g/mol. The van der Waals surface area contributed by atoms with E-state index in [1.54, 1.807) is 14.2 Å². The molecule has 0 bridgehead atoms. The third-order valence-corrected chi connectivity index (χ3v) is 8.42. The van der Waals surface area contributed by atoms with E-state index < -0.39 is 11.9 Å². The topological polar surface area (TPSA) is 71.1 Å². The van der Waals surface area contributed by atoms with Crippen molar-refractivity contribution < 1.29 is 28.5 Å². The highest BCUT2D eigenvalue weighted by Gasteiger charge is 2.28. The third kappa shape index (κ3) is 7.71. The van der Waals surface area contributed by atoms with Gasteiger partial charge in [0.25, 0.3) is 0 Å². The number of fused-ring (bicyclic) bond motifs is 2. The second kappa shape index (κ2) is 14.6. The Balaban J connectivity index is 2.14. The molecule has 0 N–H and O–H groups in total. The number of hydrogen-bond donors (Lipinski definition) is 0. The van der Waals surface area contributed by atoms with Gasteiger partial charge in [-0.2, -0.15) is 0 Å². The van der Waals surface area contributed by atoms with Crippen LogP contribution in [0.2, 0.25) is 0 Å². The minimum atomic E-state index is -0.427. The monoisotopic (exact) mass is 598 g/mol. The fourth-order valence-corrected chi connectivity index (χ4v) is 6.12. The first-order valence-corrected chi connectivity index (χ1v) is 15.5. The highest BCUT2D eigenvalue weighted by atomic mass is 16.5. The fraction of sp³-hybridized carbons (Fsp3) is 0.421. The zero-order valence-electron chi connectivity index (χ0n) is 27.6. The van der Waals surface area contributed by atoms with Crippen LogP contribution in [-0.2, 0) is 35.3 Å². The van der Waals surface area contributed by atoms with Crippen LogP contribution in [0.3, 0.4) is 0 Å². The summed E-state index contributed by atoms with van der Waals surface area (Å²) in [7, 11) is 3.32. The largest absolute Gasteiger partial charge is 0.496 e. The van der Waals surface area contributed by atoms with Crippen LogP contribution in [0.15, 0.2) is 58.7 Å². The van der Waals surface area contributed by atoms with Gasteiger partial charge in [0.1, 0.15) is 23.0 Å². The minimum absolute atomic E-state index is 0.427. The average Bonchev–Trinajstić information content (AvgIpc) is 2.96. The molecule has 2 aliphatic rings. The van der Waals surface area contributed by atoms with Crippen LogP contribution in [0.5, 0.6) is 23.0 Å². The second-order valence-electron chi connectivity index (χ2n) is 12.1. The molecule has 0 unspecified atom stereocenters. The lowest BCUT2D eigenvalue weighted by atomic mass is 9.86. The van der Waals surface area contributed by atoms with Gasteiger partial charge in [-0.15, -0.1) is 0 Å². The predicted octanol–water partition coefficient (Wildman–Crippen LogP) is 8.76. The summed E-state index contributed by atoms with van der Waals surface area (Å²) in [6.07, 6.45) is 15.3. The standard InChI is InChI=1S/C38H46O6/c1-23-11-9-13-25(3)19-31-29(17-15-23)35(41-7)21-33(37(31)43-27(5)39)34-22-36(42-8)30-18-16-24(2)12-10-14-26(4)20-32(30)38(34)44-28(6)40/h13-16,21-22H,9-12,17-20H2,1-8H3. The number of allylic oxidation sites excluding steroid dienone is 8. The Bertz CT molecular complexity index is 1450. The van der Waals surface area contributed by atoms with Gasteiger partial charge in [-0.25, -0.2) is 0 Å². The highest BCUT2D eigenvalue weighted by Crippen LogP contribution is 2.49. The maximum atomic E-state index is 12.7. The van der Waals surface area contributed by atoms with Crippen molar-refractivity contribution in [1.82, 2.24) is 0 Å². The Morgan fingerprint density at radius 3 is 1.30 bits per heavy atom. The summed E-state index contributed by atoms with van der Waals surface area (Å²) in [4.78, 5) is 25.4. The molecule has 2 aromatic rings. The van der Waals surface area contributed by atoms with Gasteiger partial charge in [0.15, 0.2) is 0 Å². The minimum Gasteiger partial charge on any atom is -0.496 e. The van der Waals surface area contributed by atoms with Gasteiger partial charge in [-0.05, 0) is 91.2 Å². The van der Waals surface area contributed by atoms with Gasteiger partial charge >= 0.3 is 11.9 Å². The van der Waals surface area contributed by atoms with E-state index in [9.17, 15) is 9.59 Å². The van der Waals surface area contributed by atoms with Crippen molar-refractivity contribution in [3.63, 3.8) is 0 Å². The van der Waals surface area contributed by atoms with E-state index in [4.69, 9.17) is 18.9 Å². The zero-order chi connectivity index (χ0) is 32.0. The van der Waals surface area contributed by atoms with Crippen molar-refractivity contribution in [1.29, 1.82) is 0 Å². The van der Waals surface area contributed by atoms with Gasteiger partial charge in [0.05, 0.1) is 14.2 Å². The first kappa shape index (κ1) is 32.8. The van der Waals surface area contributed by atoms with Crippen LogP contribution < -0.4 is 18.9 Å². The van der Waals surface area contributed by atoms with Crippen LogP contribution in [0, 0.1) is 0 Å². The fourth-order valence-electron chi connectivity index (χ4n) is 6.12. The number of carbonyl (C=O) groups excluding carboxylic acids is 2. The molecule has 4 rings (SSSR count). The van der Waals surface area contributed by atoms with Gasteiger partial charge < -0.3 is 18.9 Å². The molecule has 6 heteroatoms. The maximum Gasteiger partial charge on any atom is 0.308 e. The number of rotatable bonds is 5. The van der Waals surface area contributed by atoms with E-state index in [0.717, 1.165) is 47.9 Å². The second-order valence-corrected chi connectivity index (χ2v) is 12.1. The molecule has 0 aromatic heterocycles. The van der Waals surface area contributed by atoms with Crippen molar-refractivity contribution in [3.05, 3.63) is 81.0 Å². The van der Waals surface area contributed by atoms with E-state index in [1.165, 1.54) is 36.1 Å². The average molecular weight is 599 g/mol. The summed E-state index contributed by atoms with van der Waals surface area (Å²) in [6.45, 7) is 11.3. The Morgan fingerprint density at radius 2 is 0.955 bits per heavy atom. The van der Waals surface area contributed by atoms with E-state index in [0.29, 0.717) is 59.8 Å². The molecule has 44 heavy (non-hydrogen) atoms. The van der Waals surface area contributed by atoms with Crippen molar-refractivity contribution in [2.75, 3.05) is 14.2 Å². The molecular formula is C38H46O6. The molecule has 0 atom stereocenters. The van der Waals surface area contributed by atoms with Crippen LogP contribution in [0.1, 0.15) is 89.5 Å². The van der Waals surface area contributed by atoms with Gasteiger partial charge in [0.2, 0.25) is 0 Å². The van der Waals surface area contributed by atoms with E-state index in [-0.39, 0.29) is 0 Å². The zero-order valence-corrected chi connectivity index (χ0v) is 27.6. The SMILES string of the molecule is COc1cc(-c2cc(OC)c3c(c2OC(C)=O)CC(C)=CCCC(C)=CC3)c(OC(C)=O)c2c1CC=C(C)CCC=C(C)C2. The molecule has 0 amide bonds. The molecule has 0 radical (unpaired) electrons. The third-order valence-electron chi connectivity index (χ3n) is 8.42. The molecule has 0 fully saturated rings. The summed E-state index contributed by atoms with van der Waals surface area (Å²) in [5.41, 5.74) is 9.90. The van der Waals surface area contributed by atoms with E-state index in [1.807, 2.05) is 12.1 Å². The molecule has 2 aliphatic carbocycles. The number of hydrogen-bond acceptors (Lipinski definition) is 6. The Hall–Kier alpha value is -4.06. The molecule has 2 aromatic carbocycles. The van der Waals surface area contributed by atoms with Crippen molar-refractivity contribution in [3.8, 4) is 34.1 Å². The first-order valence-electron chi connectivity index (χ1n) is 15.5. The number of esters is 2. The van der Waals surface area contributed by atoms with Crippen molar-refractivity contribution >= 4 is 11.9 Å². The lowest BCUT2D eigenvalue weighted by Gasteiger charge is -2.25. The summed E-state index contributed by atoms with van der Waals surface area (Å²) >= 11 is 0. The summed E-state index contributed by atoms with van der Waals surface area (Å²) < 4.78 is 24.2.